The Morgan fingerprint density at radius 1 is 1.18 bits per heavy atom. The molecule has 1 aromatic heterocycles. The van der Waals surface area contributed by atoms with Gasteiger partial charge in [0.1, 0.15) is 4.90 Å². The maximum Gasteiger partial charge on any atom is 0.244 e. The van der Waals surface area contributed by atoms with Crippen LogP contribution in [0.3, 0.4) is 0 Å². The van der Waals surface area contributed by atoms with E-state index in [1.54, 1.807) is 12.1 Å². The molecule has 0 unspecified atom stereocenters. The third-order valence-electron chi connectivity index (χ3n) is 4.18. The molecular weight excluding hydrogens is 398 g/mol. The highest BCUT2D eigenvalue weighted by atomic mass is 32.2. The summed E-state index contributed by atoms with van der Waals surface area (Å²) in [5.74, 6) is 1.20. The van der Waals surface area contributed by atoms with Crippen LogP contribution >= 0.6 is 11.8 Å². The summed E-state index contributed by atoms with van der Waals surface area (Å²) in [6.45, 7) is 11.4. The van der Waals surface area contributed by atoms with Crippen LogP contribution in [0.5, 0.6) is 0 Å². The topological polar surface area (TPSA) is 79.8 Å². The smallest absolute Gasteiger partial charge is 0.244 e. The van der Waals surface area contributed by atoms with Gasteiger partial charge in [0.2, 0.25) is 15.9 Å². The third kappa shape index (κ3) is 6.72. The Labute approximate surface area is 172 Å². The second-order valence-corrected chi connectivity index (χ2v) is 10.7. The molecule has 0 atom stereocenters. The van der Waals surface area contributed by atoms with Gasteiger partial charge < -0.3 is 9.64 Å². The van der Waals surface area contributed by atoms with E-state index >= 15 is 0 Å². The van der Waals surface area contributed by atoms with Crippen LogP contribution in [0.25, 0.3) is 0 Å². The molecule has 1 saturated heterocycles. The van der Waals surface area contributed by atoms with Crippen LogP contribution in [0.1, 0.15) is 27.7 Å². The molecule has 28 heavy (non-hydrogen) atoms. The van der Waals surface area contributed by atoms with Crippen LogP contribution in [0.15, 0.2) is 28.3 Å². The zero-order chi connectivity index (χ0) is 20.7. The molecule has 2 heterocycles. The summed E-state index contributed by atoms with van der Waals surface area (Å²) in [6.07, 6.45) is 1.37. The SMILES string of the molecule is CC(C)CN(CC(C)C)C(=O)CSc1ccc(S(=O)(=O)N2CCOCC2)cn1. The molecule has 1 aromatic rings. The highest BCUT2D eigenvalue weighted by Crippen LogP contribution is 2.21. The number of pyridine rings is 1. The first kappa shape index (κ1) is 23.1. The van der Waals surface area contributed by atoms with Crippen molar-refractivity contribution in [2.24, 2.45) is 11.8 Å². The molecule has 7 nitrogen and oxygen atoms in total. The van der Waals surface area contributed by atoms with Crippen LogP contribution in [0.2, 0.25) is 0 Å². The first-order valence-corrected chi connectivity index (χ1v) is 12.1. The molecule has 1 amide bonds. The van der Waals surface area contributed by atoms with E-state index < -0.39 is 10.0 Å². The van der Waals surface area contributed by atoms with Gasteiger partial charge in [-0.25, -0.2) is 13.4 Å². The molecule has 158 valence electrons. The van der Waals surface area contributed by atoms with Crippen molar-refractivity contribution in [3.8, 4) is 0 Å². The summed E-state index contributed by atoms with van der Waals surface area (Å²) < 4.78 is 31.9. The van der Waals surface area contributed by atoms with Crippen molar-refractivity contribution in [2.45, 2.75) is 37.6 Å². The first-order chi connectivity index (χ1) is 13.2. The fourth-order valence-electron chi connectivity index (χ4n) is 2.93. The molecule has 0 bridgehead atoms. The van der Waals surface area contributed by atoms with Crippen LogP contribution in [-0.2, 0) is 19.6 Å². The van der Waals surface area contributed by atoms with E-state index in [9.17, 15) is 13.2 Å². The molecule has 0 saturated carbocycles. The number of aromatic nitrogens is 1. The number of carbonyl (C=O) groups excluding carboxylic acids is 1. The molecule has 1 fully saturated rings. The summed E-state index contributed by atoms with van der Waals surface area (Å²) in [5.41, 5.74) is 0. The van der Waals surface area contributed by atoms with Gasteiger partial charge in [-0.15, -0.1) is 0 Å². The molecule has 0 aromatic carbocycles. The van der Waals surface area contributed by atoms with Gasteiger partial charge in [0.05, 0.1) is 24.0 Å². The lowest BCUT2D eigenvalue weighted by molar-refractivity contribution is -0.129. The molecule has 9 heteroatoms. The summed E-state index contributed by atoms with van der Waals surface area (Å²) in [6, 6.07) is 3.23. The Kier molecular flexibility index (Phi) is 8.73. The Balaban J connectivity index is 1.97. The largest absolute Gasteiger partial charge is 0.379 e. The van der Waals surface area contributed by atoms with E-state index in [4.69, 9.17) is 4.74 Å². The summed E-state index contributed by atoms with van der Waals surface area (Å²) in [7, 11) is -3.54. The predicted octanol–water partition coefficient (Wildman–Crippen LogP) is 2.34. The van der Waals surface area contributed by atoms with E-state index in [0.29, 0.717) is 48.9 Å². The zero-order valence-corrected chi connectivity index (χ0v) is 18.8. The summed E-state index contributed by atoms with van der Waals surface area (Å²) >= 11 is 1.34. The minimum Gasteiger partial charge on any atom is -0.379 e. The van der Waals surface area contributed by atoms with Gasteiger partial charge in [-0.05, 0) is 24.0 Å². The van der Waals surface area contributed by atoms with Gasteiger partial charge in [-0.1, -0.05) is 39.5 Å². The van der Waals surface area contributed by atoms with Gasteiger partial charge in [0.15, 0.2) is 0 Å². The standard InChI is InChI=1S/C19H31N3O4S2/c1-15(2)12-21(13-16(3)4)19(23)14-27-18-6-5-17(11-20-18)28(24,25)22-7-9-26-10-8-22/h5-6,11,15-16H,7-10,12-14H2,1-4H3. The quantitative estimate of drug-likeness (QED) is 0.561. The second-order valence-electron chi connectivity index (χ2n) is 7.72. The number of thioether (sulfide) groups is 1. The number of carbonyl (C=O) groups is 1. The number of hydrogen-bond donors (Lipinski definition) is 0. The van der Waals surface area contributed by atoms with Crippen molar-refractivity contribution in [1.29, 1.82) is 0 Å². The monoisotopic (exact) mass is 429 g/mol. The van der Waals surface area contributed by atoms with Crippen molar-refractivity contribution in [2.75, 3.05) is 45.1 Å². The maximum atomic E-state index is 12.6. The van der Waals surface area contributed by atoms with E-state index in [1.165, 1.54) is 22.3 Å². The molecule has 1 aliphatic rings. The second kappa shape index (κ2) is 10.6. The van der Waals surface area contributed by atoms with Gasteiger partial charge in [-0.3, -0.25) is 4.79 Å². The number of rotatable bonds is 9. The minimum absolute atomic E-state index is 0.0826. The van der Waals surface area contributed by atoms with Gasteiger partial charge in [-0.2, -0.15) is 4.31 Å². The van der Waals surface area contributed by atoms with Crippen molar-refractivity contribution in [3.05, 3.63) is 18.3 Å². The predicted molar refractivity (Wildman–Crippen MR) is 111 cm³/mol. The fraction of sp³-hybridized carbons (Fsp3) is 0.684. The lowest BCUT2D eigenvalue weighted by Crippen LogP contribution is -2.40. The lowest BCUT2D eigenvalue weighted by Gasteiger charge is -2.26. The van der Waals surface area contributed by atoms with Gasteiger partial charge >= 0.3 is 0 Å². The highest BCUT2D eigenvalue weighted by Gasteiger charge is 2.26. The Hall–Kier alpha value is -1.16. The fourth-order valence-corrected chi connectivity index (χ4v) is 5.03. The zero-order valence-electron chi connectivity index (χ0n) is 17.1. The number of hydrogen-bond acceptors (Lipinski definition) is 6. The van der Waals surface area contributed by atoms with Crippen molar-refractivity contribution in [1.82, 2.24) is 14.2 Å². The lowest BCUT2D eigenvalue weighted by atomic mass is 10.1. The average Bonchev–Trinajstić information content (AvgIpc) is 2.66. The van der Waals surface area contributed by atoms with Crippen molar-refractivity contribution >= 4 is 27.7 Å². The maximum absolute atomic E-state index is 12.6. The normalized spacial score (nSPS) is 15.9. The molecule has 2 rings (SSSR count). The van der Waals surface area contributed by atoms with Gasteiger partial charge in [0.25, 0.3) is 0 Å². The first-order valence-electron chi connectivity index (χ1n) is 9.64. The van der Waals surface area contributed by atoms with E-state index in [2.05, 4.69) is 32.7 Å². The molecule has 1 aliphatic heterocycles. The van der Waals surface area contributed by atoms with E-state index in [-0.39, 0.29) is 10.8 Å². The highest BCUT2D eigenvalue weighted by molar-refractivity contribution is 7.99. The molecule has 0 N–H and O–H groups in total. The Morgan fingerprint density at radius 3 is 2.29 bits per heavy atom. The third-order valence-corrected chi connectivity index (χ3v) is 7.00. The summed E-state index contributed by atoms with van der Waals surface area (Å²) in [5, 5.41) is 0.642. The van der Waals surface area contributed by atoms with Gasteiger partial charge in [0, 0.05) is 32.4 Å². The Morgan fingerprint density at radius 2 is 1.79 bits per heavy atom. The summed E-state index contributed by atoms with van der Waals surface area (Å²) in [4.78, 5) is 18.9. The van der Waals surface area contributed by atoms with Crippen molar-refractivity contribution < 1.29 is 17.9 Å². The number of morpholine rings is 1. The number of amides is 1. The van der Waals surface area contributed by atoms with E-state index in [1.807, 2.05) is 4.90 Å². The molecule has 0 radical (unpaired) electrons. The van der Waals surface area contributed by atoms with Crippen LogP contribution in [0.4, 0.5) is 0 Å². The number of ether oxygens (including phenoxy) is 1. The van der Waals surface area contributed by atoms with E-state index in [0.717, 1.165) is 13.1 Å². The van der Waals surface area contributed by atoms with Crippen LogP contribution < -0.4 is 0 Å². The van der Waals surface area contributed by atoms with Crippen molar-refractivity contribution in [3.63, 3.8) is 0 Å². The van der Waals surface area contributed by atoms with Crippen LogP contribution in [0, 0.1) is 11.8 Å². The molecule has 0 aliphatic carbocycles. The molecule has 0 spiro atoms. The number of nitrogens with zero attached hydrogens (tertiary/aromatic N) is 3. The Bertz CT molecular complexity index is 720. The average molecular weight is 430 g/mol. The number of sulfonamides is 1. The van der Waals surface area contributed by atoms with Crippen LogP contribution in [-0.4, -0.2) is 73.7 Å². The molecular formula is C19H31N3O4S2. The minimum atomic E-state index is -3.54.